The molecule has 0 N–H and O–H groups in total. The van der Waals surface area contributed by atoms with Crippen molar-refractivity contribution < 1.29 is 0 Å². The number of hydrogen-bond acceptors (Lipinski definition) is 3. The summed E-state index contributed by atoms with van der Waals surface area (Å²) in [6, 6.07) is 9.87. The molecule has 0 bridgehead atoms. The van der Waals surface area contributed by atoms with E-state index in [1.54, 1.807) is 4.68 Å². The van der Waals surface area contributed by atoms with Crippen LogP contribution in [-0.2, 0) is 0 Å². The van der Waals surface area contributed by atoms with Crippen LogP contribution >= 0.6 is 0 Å². The normalized spacial score (nSPS) is 11.1. The molecule has 0 aliphatic rings. The Labute approximate surface area is 94.6 Å². The SMILES string of the molecule is CCC/C=C/c1nnnn1-c1ccccc1. The van der Waals surface area contributed by atoms with Gasteiger partial charge in [0, 0.05) is 0 Å². The minimum absolute atomic E-state index is 0.764. The van der Waals surface area contributed by atoms with Gasteiger partial charge in [0.1, 0.15) is 0 Å². The molecule has 2 aromatic rings. The summed E-state index contributed by atoms with van der Waals surface area (Å²) in [5, 5.41) is 11.6. The molecule has 0 spiro atoms. The van der Waals surface area contributed by atoms with Crippen LogP contribution in [0.25, 0.3) is 11.8 Å². The van der Waals surface area contributed by atoms with Gasteiger partial charge in [0.15, 0.2) is 5.82 Å². The maximum absolute atomic E-state index is 3.98. The number of allylic oxidation sites excluding steroid dienone is 1. The third-order valence-corrected chi connectivity index (χ3v) is 2.22. The second kappa shape index (κ2) is 5.21. The molecule has 1 aromatic heterocycles. The molecule has 82 valence electrons. The fraction of sp³-hybridized carbons (Fsp3) is 0.250. The molecule has 0 radical (unpaired) electrons. The molecule has 0 unspecified atom stereocenters. The van der Waals surface area contributed by atoms with Gasteiger partial charge in [0.05, 0.1) is 5.69 Å². The molecule has 0 saturated heterocycles. The Morgan fingerprint density at radius 2 is 2.06 bits per heavy atom. The van der Waals surface area contributed by atoms with Gasteiger partial charge in [-0.3, -0.25) is 0 Å². The molecule has 1 aromatic carbocycles. The summed E-state index contributed by atoms with van der Waals surface area (Å²) in [6.45, 7) is 2.14. The highest BCUT2D eigenvalue weighted by atomic mass is 15.5. The van der Waals surface area contributed by atoms with Crippen LogP contribution in [0.3, 0.4) is 0 Å². The van der Waals surface area contributed by atoms with Crippen LogP contribution in [0.4, 0.5) is 0 Å². The average molecular weight is 214 g/mol. The maximum Gasteiger partial charge on any atom is 0.179 e. The van der Waals surface area contributed by atoms with Gasteiger partial charge in [0.25, 0.3) is 0 Å². The van der Waals surface area contributed by atoms with Crippen LogP contribution in [0.2, 0.25) is 0 Å². The first-order valence-corrected chi connectivity index (χ1v) is 5.42. The second-order valence-electron chi connectivity index (χ2n) is 3.48. The molecule has 0 fully saturated rings. The topological polar surface area (TPSA) is 43.6 Å². The van der Waals surface area contributed by atoms with Gasteiger partial charge < -0.3 is 0 Å². The number of rotatable bonds is 4. The van der Waals surface area contributed by atoms with Crippen LogP contribution in [0.1, 0.15) is 25.6 Å². The van der Waals surface area contributed by atoms with Crippen molar-refractivity contribution in [3.05, 3.63) is 42.2 Å². The van der Waals surface area contributed by atoms with E-state index >= 15 is 0 Å². The lowest BCUT2D eigenvalue weighted by atomic mass is 10.3. The lowest BCUT2D eigenvalue weighted by molar-refractivity contribution is 0.786. The Kier molecular flexibility index (Phi) is 3.43. The Morgan fingerprint density at radius 1 is 1.25 bits per heavy atom. The summed E-state index contributed by atoms with van der Waals surface area (Å²) in [5.41, 5.74) is 0.976. The van der Waals surface area contributed by atoms with Crippen molar-refractivity contribution in [2.24, 2.45) is 0 Å². The number of unbranched alkanes of at least 4 members (excludes halogenated alkanes) is 1. The number of benzene rings is 1. The predicted molar refractivity (Wildman–Crippen MR) is 63.1 cm³/mol. The largest absolute Gasteiger partial charge is 0.193 e. The predicted octanol–water partition coefficient (Wildman–Crippen LogP) is 2.48. The number of hydrogen-bond donors (Lipinski definition) is 0. The van der Waals surface area contributed by atoms with Gasteiger partial charge in [-0.05, 0) is 35.1 Å². The zero-order valence-corrected chi connectivity index (χ0v) is 9.24. The van der Waals surface area contributed by atoms with E-state index in [1.807, 2.05) is 36.4 Å². The summed E-state index contributed by atoms with van der Waals surface area (Å²) in [6.07, 6.45) is 6.21. The van der Waals surface area contributed by atoms with Crippen molar-refractivity contribution in [1.82, 2.24) is 20.2 Å². The summed E-state index contributed by atoms with van der Waals surface area (Å²) in [4.78, 5) is 0. The van der Waals surface area contributed by atoms with E-state index in [-0.39, 0.29) is 0 Å². The van der Waals surface area contributed by atoms with Crippen LogP contribution in [0.5, 0.6) is 0 Å². The van der Waals surface area contributed by atoms with Crippen molar-refractivity contribution in [2.45, 2.75) is 19.8 Å². The molecule has 0 aliphatic heterocycles. The van der Waals surface area contributed by atoms with Gasteiger partial charge in [0.2, 0.25) is 0 Å². The van der Waals surface area contributed by atoms with Gasteiger partial charge in [-0.2, -0.15) is 4.68 Å². The highest BCUT2D eigenvalue weighted by Gasteiger charge is 2.03. The summed E-state index contributed by atoms with van der Waals surface area (Å²) in [5.74, 6) is 0.764. The molecule has 0 amide bonds. The Morgan fingerprint density at radius 3 is 2.81 bits per heavy atom. The number of aromatic nitrogens is 4. The summed E-state index contributed by atoms with van der Waals surface area (Å²) >= 11 is 0. The molecule has 2 rings (SSSR count). The maximum atomic E-state index is 3.98. The molecule has 1 heterocycles. The minimum atomic E-state index is 0.764. The van der Waals surface area contributed by atoms with Crippen molar-refractivity contribution in [3.63, 3.8) is 0 Å². The molecular weight excluding hydrogens is 200 g/mol. The Bertz CT molecular complexity index is 459. The number of para-hydroxylation sites is 1. The van der Waals surface area contributed by atoms with E-state index in [4.69, 9.17) is 0 Å². The summed E-state index contributed by atoms with van der Waals surface area (Å²) < 4.78 is 1.73. The van der Waals surface area contributed by atoms with E-state index in [0.717, 1.165) is 24.4 Å². The first kappa shape index (κ1) is 10.5. The smallest absolute Gasteiger partial charge is 0.179 e. The van der Waals surface area contributed by atoms with Crippen LogP contribution in [0, 0.1) is 0 Å². The third-order valence-electron chi connectivity index (χ3n) is 2.22. The van der Waals surface area contributed by atoms with Crippen molar-refractivity contribution in [2.75, 3.05) is 0 Å². The lowest BCUT2D eigenvalue weighted by Crippen LogP contribution is -1.98. The van der Waals surface area contributed by atoms with Gasteiger partial charge in [-0.25, -0.2) is 0 Å². The first-order chi connectivity index (χ1) is 7.92. The molecule has 4 nitrogen and oxygen atoms in total. The third kappa shape index (κ3) is 2.34. The molecule has 4 heteroatoms. The van der Waals surface area contributed by atoms with Crippen LogP contribution in [-0.4, -0.2) is 20.2 Å². The summed E-state index contributed by atoms with van der Waals surface area (Å²) in [7, 11) is 0. The van der Waals surface area contributed by atoms with Crippen molar-refractivity contribution in [1.29, 1.82) is 0 Å². The zero-order valence-electron chi connectivity index (χ0n) is 9.24. The van der Waals surface area contributed by atoms with Gasteiger partial charge >= 0.3 is 0 Å². The standard InChI is InChI=1S/C12H14N4/c1-2-3-5-10-12-13-14-15-16(12)11-8-6-4-7-9-11/h4-10H,2-3H2,1H3/b10-5+. The molecule has 0 saturated carbocycles. The first-order valence-electron chi connectivity index (χ1n) is 5.42. The number of nitrogens with zero attached hydrogens (tertiary/aromatic N) is 4. The van der Waals surface area contributed by atoms with E-state index in [1.165, 1.54) is 0 Å². The molecule has 0 atom stereocenters. The molecular formula is C12H14N4. The Balaban J connectivity index is 2.26. The monoisotopic (exact) mass is 214 g/mol. The van der Waals surface area contributed by atoms with Gasteiger partial charge in [-0.1, -0.05) is 37.6 Å². The highest BCUT2D eigenvalue weighted by molar-refractivity contribution is 5.43. The molecule has 0 aliphatic carbocycles. The van der Waals surface area contributed by atoms with Crippen LogP contribution in [0.15, 0.2) is 36.4 Å². The Hall–Kier alpha value is -1.97. The van der Waals surface area contributed by atoms with E-state index in [2.05, 4.69) is 28.5 Å². The quantitative estimate of drug-likeness (QED) is 0.785. The zero-order chi connectivity index (χ0) is 11.2. The number of tetrazole rings is 1. The van der Waals surface area contributed by atoms with Crippen molar-refractivity contribution in [3.8, 4) is 5.69 Å². The van der Waals surface area contributed by atoms with E-state index in [0.29, 0.717) is 0 Å². The van der Waals surface area contributed by atoms with E-state index in [9.17, 15) is 0 Å². The second-order valence-corrected chi connectivity index (χ2v) is 3.48. The fourth-order valence-corrected chi connectivity index (χ4v) is 1.41. The van der Waals surface area contributed by atoms with E-state index < -0.39 is 0 Å². The lowest BCUT2D eigenvalue weighted by Gasteiger charge is -2.00. The average Bonchev–Trinajstić information content (AvgIpc) is 2.79. The van der Waals surface area contributed by atoms with Crippen molar-refractivity contribution >= 4 is 6.08 Å². The van der Waals surface area contributed by atoms with Gasteiger partial charge in [-0.15, -0.1) is 5.10 Å². The minimum Gasteiger partial charge on any atom is -0.193 e. The highest BCUT2D eigenvalue weighted by Crippen LogP contribution is 2.08. The molecule has 16 heavy (non-hydrogen) atoms. The van der Waals surface area contributed by atoms with Crippen LogP contribution < -0.4 is 0 Å². The fourth-order valence-electron chi connectivity index (χ4n) is 1.41.